The van der Waals surface area contributed by atoms with Crippen LogP contribution in [0.4, 0.5) is 0 Å². The summed E-state index contributed by atoms with van der Waals surface area (Å²) in [6, 6.07) is 0.216. The lowest BCUT2D eigenvalue weighted by atomic mass is 9.43. The summed E-state index contributed by atoms with van der Waals surface area (Å²) in [7, 11) is 0. The molecule has 4 aliphatic carbocycles. The molecule has 5 aliphatic rings. The van der Waals surface area contributed by atoms with Crippen molar-refractivity contribution in [1.82, 2.24) is 4.90 Å². The first-order chi connectivity index (χ1) is 17.4. The number of halogens is 1. The maximum Gasteiger partial charge on any atom is 0.315 e. The summed E-state index contributed by atoms with van der Waals surface area (Å²) >= 11 is 6.20. The molecule has 0 spiro atoms. The summed E-state index contributed by atoms with van der Waals surface area (Å²) in [5, 5.41) is 11.7. The molecule has 1 N–H and O–H groups in total. The summed E-state index contributed by atoms with van der Waals surface area (Å²) in [5.41, 5.74) is -1.79. The van der Waals surface area contributed by atoms with Crippen LogP contribution in [0.2, 0.25) is 0 Å². The van der Waals surface area contributed by atoms with Crippen LogP contribution in [0.25, 0.3) is 0 Å². The first kappa shape index (κ1) is 27.4. The van der Waals surface area contributed by atoms with E-state index in [1.165, 1.54) is 0 Å². The van der Waals surface area contributed by atoms with Crippen molar-refractivity contribution in [2.75, 3.05) is 26.3 Å². The van der Waals surface area contributed by atoms with Gasteiger partial charge in [-0.3, -0.25) is 9.69 Å². The molecule has 0 aromatic heterocycles. The number of carboxylic acids is 1. The third-order valence-corrected chi connectivity index (χ3v) is 11.2. The number of hydrogen-bond donors (Lipinski definition) is 1. The smallest absolute Gasteiger partial charge is 0.315 e. The number of carbonyl (C=O) groups excluding carboxylic acids is 1. The van der Waals surface area contributed by atoms with E-state index in [2.05, 4.69) is 52.2 Å². The lowest BCUT2D eigenvalue weighted by molar-refractivity contribution is -0.230. The van der Waals surface area contributed by atoms with Crippen LogP contribution in [-0.4, -0.2) is 60.9 Å². The highest BCUT2D eigenvalue weighted by atomic mass is 35.5. The van der Waals surface area contributed by atoms with Gasteiger partial charge in [0.05, 0.1) is 25.2 Å². The van der Waals surface area contributed by atoms with Crippen molar-refractivity contribution >= 4 is 23.9 Å². The zero-order valence-corrected chi connectivity index (χ0v) is 23.8. The molecule has 0 aromatic carbocycles. The minimum Gasteiger partial charge on any atom is -0.481 e. The van der Waals surface area contributed by atoms with Crippen molar-refractivity contribution in [3.63, 3.8) is 0 Å². The first-order valence-electron chi connectivity index (χ1n) is 14.2. The normalized spacial score (nSPS) is 44.8. The van der Waals surface area contributed by atoms with Crippen molar-refractivity contribution < 1.29 is 24.2 Å². The number of carbonyl (C=O) groups is 2. The fourth-order valence-electron chi connectivity index (χ4n) is 9.68. The summed E-state index contributed by atoms with van der Waals surface area (Å²) < 4.78 is 12.8. The predicted molar refractivity (Wildman–Crippen MR) is 143 cm³/mol. The average Bonchev–Trinajstić information content (AvgIpc) is 3.39. The van der Waals surface area contributed by atoms with Gasteiger partial charge in [0, 0.05) is 23.0 Å². The molecule has 1 saturated heterocycles. The maximum absolute atomic E-state index is 13.6. The molecule has 9 atom stereocenters. The molecule has 6 nitrogen and oxygen atoms in total. The molecule has 37 heavy (non-hydrogen) atoms. The molecule has 0 unspecified atom stereocenters. The SMILES string of the molecule is C=C(Cl)CN1C[C@H](OC[C@@]23C[C@@H]4[C@H](C)CC[C@H]4[C@@]4(C=O)C[C@@H]2C=C(C(C)C)[C@@]34C(=O)O)OC[C@H]1C(C)C. The minimum absolute atomic E-state index is 0.0229. The Balaban J connectivity index is 1.50. The first-order valence-corrected chi connectivity index (χ1v) is 14.6. The molecule has 4 fully saturated rings. The second kappa shape index (κ2) is 9.46. The van der Waals surface area contributed by atoms with Gasteiger partial charge in [-0.05, 0) is 54.8 Å². The van der Waals surface area contributed by atoms with Crippen LogP contribution in [0.15, 0.2) is 23.3 Å². The molecule has 1 aliphatic heterocycles. The number of aldehydes is 1. The van der Waals surface area contributed by atoms with Gasteiger partial charge in [-0.2, -0.15) is 0 Å². The topological polar surface area (TPSA) is 76.1 Å². The number of allylic oxidation sites excluding steroid dienone is 1. The number of hydrogen-bond acceptors (Lipinski definition) is 5. The number of morpholine rings is 1. The molecular weight excluding hydrogens is 490 g/mol. The van der Waals surface area contributed by atoms with Crippen molar-refractivity contribution in [2.24, 2.45) is 51.8 Å². The van der Waals surface area contributed by atoms with Crippen LogP contribution in [-0.2, 0) is 19.1 Å². The van der Waals surface area contributed by atoms with Crippen molar-refractivity contribution in [2.45, 2.75) is 72.6 Å². The van der Waals surface area contributed by atoms with E-state index >= 15 is 0 Å². The van der Waals surface area contributed by atoms with Crippen LogP contribution in [0, 0.1) is 51.8 Å². The highest BCUT2D eigenvalue weighted by molar-refractivity contribution is 6.29. The van der Waals surface area contributed by atoms with E-state index in [0.717, 1.165) is 31.1 Å². The number of rotatable bonds is 9. The Labute approximate surface area is 226 Å². The fraction of sp³-hybridized carbons (Fsp3) is 0.800. The molecule has 7 heteroatoms. The lowest BCUT2D eigenvalue weighted by Crippen LogP contribution is -2.64. The molecule has 1 heterocycles. The summed E-state index contributed by atoms with van der Waals surface area (Å²) in [5.74, 6) is 0.581. The van der Waals surface area contributed by atoms with Gasteiger partial charge in [0.1, 0.15) is 11.7 Å². The van der Waals surface area contributed by atoms with Gasteiger partial charge in [0.15, 0.2) is 6.29 Å². The maximum atomic E-state index is 13.6. The third kappa shape index (κ3) is 3.61. The largest absolute Gasteiger partial charge is 0.481 e. The predicted octanol–water partition coefficient (Wildman–Crippen LogP) is 5.36. The third-order valence-electron chi connectivity index (χ3n) is 11.1. The highest BCUT2D eigenvalue weighted by Crippen LogP contribution is 2.82. The van der Waals surface area contributed by atoms with Gasteiger partial charge >= 0.3 is 5.97 Å². The Kier molecular flexibility index (Phi) is 7.00. The summed E-state index contributed by atoms with van der Waals surface area (Å²) in [4.78, 5) is 29.0. The Hall–Kier alpha value is -1.21. The molecule has 0 amide bonds. The number of ether oxygens (including phenoxy) is 2. The fourth-order valence-corrected chi connectivity index (χ4v) is 9.84. The Bertz CT molecular complexity index is 994. The monoisotopic (exact) mass is 533 g/mol. The molecule has 0 aromatic rings. The van der Waals surface area contributed by atoms with Gasteiger partial charge in [-0.1, -0.05) is 70.9 Å². The standard InChI is InChI=1S/C30H44ClNO5/c1-17(2)24-9-21-10-28(15-33)23-8-7-19(5)22(23)11-29(21,30(24,28)27(34)35)16-37-26-13-32(12-20(6)31)25(14-36-26)18(3)4/h9,15,17-19,21-23,25-26H,6-8,10-14,16H2,1-5H3,(H,34,35)/t19-,21+,22-,23-,25+,26+,28+,29+,30+/m1/s1. The molecular formula is C30H44ClNO5. The van der Waals surface area contributed by atoms with E-state index in [-0.39, 0.29) is 30.4 Å². The van der Waals surface area contributed by atoms with E-state index < -0.39 is 28.5 Å². The second-order valence-electron chi connectivity index (χ2n) is 13.3. The molecule has 3 saturated carbocycles. The number of carboxylic acid groups (broad SMARTS) is 1. The zero-order valence-electron chi connectivity index (χ0n) is 23.0. The van der Waals surface area contributed by atoms with Gasteiger partial charge in [0.25, 0.3) is 0 Å². The van der Waals surface area contributed by atoms with E-state index in [1.54, 1.807) is 0 Å². The van der Waals surface area contributed by atoms with Crippen LogP contribution < -0.4 is 0 Å². The molecule has 4 bridgehead atoms. The molecule has 206 valence electrons. The number of fused-ring (bicyclic) bond motifs is 2. The van der Waals surface area contributed by atoms with Crippen LogP contribution in [0.5, 0.6) is 0 Å². The second-order valence-corrected chi connectivity index (χ2v) is 13.9. The molecule has 5 rings (SSSR count). The number of nitrogens with zero attached hydrogens (tertiary/aromatic N) is 1. The molecule has 0 radical (unpaired) electrons. The van der Waals surface area contributed by atoms with E-state index in [9.17, 15) is 14.7 Å². The lowest BCUT2D eigenvalue weighted by Gasteiger charge is -2.58. The van der Waals surface area contributed by atoms with Crippen molar-refractivity contribution in [3.05, 3.63) is 23.3 Å². The highest BCUT2D eigenvalue weighted by Gasteiger charge is 2.84. The Morgan fingerprint density at radius 2 is 2.05 bits per heavy atom. The summed E-state index contributed by atoms with van der Waals surface area (Å²) in [6.07, 6.45) is 6.22. The summed E-state index contributed by atoms with van der Waals surface area (Å²) in [6.45, 7) is 16.6. The van der Waals surface area contributed by atoms with Crippen LogP contribution >= 0.6 is 11.6 Å². The van der Waals surface area contributed by atoms with E-state index in [4.69, 9.17) is 21.1 Å². The number of aliphatic carboxylic acids is 1. The van der Waals surface area contributed by atoms with Crippen LogP contribution in [0.3, 0.4) is 0 Å². The van der Waals surface area contributed by atoms with Gasteiger partial charge in [-0.25, -0.2) is 0 Å². The van der Waals surface area contributed by atoms with Gasteiger partial charge in [-0.15, -0.1) is 0 Å². The van der Waals surface area contributed by atoms with Crippen LogP contribution in [0.1, 0.15) is 60.3 Å². The van der Waals surface area contributed by atoms with Gasteiger partial charge < -0.3 is 19.4 Å². The quantitative estimate of drug-likeness (QED) is 0.317. The van der Waals surface area contributed by atoms with Crippen molar-refractivity contribution in [3.8, 4) is 0 Å². The van der Waals surface area contributed by atoms with Crippen molar-refractivity contribution in [1.29, 1.82) is 0 Å². The minimum atomic E-state index is -1.22. The average molecular weight is 534 g/mol. The zero-order chi connectivity index (χ0) is 26.9. The Morgan fingerprint density at radius 3 is 2.65 bits per heavy atom. The Morgan fingerprint density at radius 1 is 1.32 bits per heavy atom. The van der Waals surface area contributed by atoms with E-state index in [0.29, 0.717) is 48.9 Å². The van der Waals surface area contributed by atoms with Gasteiger partial charge in [0.2, 0.25) is 0 Å². The van der Waals surface area contributed by atoms with E-state index in [1.807, 2.05) is 0 Å².